The Hall–Kier alpha value is -2.78. The van der Waals surface area contributed by atoms with Crippen LogP contribution < -0.4 is 21.7 Å². The van der Waals surface area contributed by atoms with E-state index in [2.05, 4.69) is 25.0 Å². The van der Waals surface area contributed by atoms with Crippen molar-refractivity contribution in [3.8, 4) is 17.6 Å². The first-order chi connectivity index (χ1) is 19.8. The fourth-order valence-electron chi connectivity index (χ4n) is 3.51. The van der Waals surface area contributed by atoms with Crippen LogP contribution in [0.4, 0.5) is 0 Å². The van der Waals surface area contributed by atoms with Gasteiger partial charge in [0.05, 0.1) is 19.1 Å². The van der Waals surface area contributed by atoms with Crippen LogP contribution in [0.25, 0.3) is 0 Å². The van der Waals surface area contributed by atoms with Crippen LogP contribution in [-0.2, 0) is 36.4 Å². The highest BCUT2D eigenvalue weighted by Crippen LogP contribution is 2.66. The van der Waals surface area contributed by atoms with Gasteiger partial charge in [-0.2, -0.15) is 8.62 Å². The average Bonchev–Trinajstić information content (AvgIpc) is 3.19. The molecular formula is C21H26N3O16P3. The summed E-state index contributed by atoms with van der Waals surface area (Å²) >= 11 is 0. The van der Waals surface area contributed by atoms with Crippen LogP contribution in [-0.4, -0.2) is 65.1 Å². The standard InChI is InChI=1S/C21H26N3O16P3/c1-12(22)7-19(26)37-15-4-2-3-13(8-15)5-6-14-10-24(21(28)23-20(14)27)18-9-16(25)17(38-18)11-36-42(32,33)40-43(34,35)39-41(29,30)31/h2-4,8,10,12,16-18,25H,7,9,11,22H2,1H3,(H,32,33)(H,34,35)(H,23,27,28)(H2,29,30,31). The second-order valence-electron chi connectivity index (χ2n) is 8.96. The topological polar surface area (TPSA) is 296 Å². The first-order valence-corrected chi connectivity index (χ1v) is 16.4. The number of hydrogen-bond donors (Lipinski definition) is 7. The molecule has 0 radical (unpaired) electrons. The van der Waals surface area contributed by atoms with Crippen molar-refractivity contribution in [3.05, 3.63) is 62.4 Å². The van der Waals surface area contributed by atoms with Crippen molar-refractivity contribution in [2.24, 2.45) is 5.73 Å². The van der Waals surface area contributed by atoms with Gasteiger partial charge in [0, 0.05) is 24.2 Å². The van der Waals surface area contributed by atoms with E-state index >= 15 is 0 Å². The summed E-state index contributed by atoms with van der Waals surface area (Å²) in [7, 11) is -16.8. The molecule has 0 bridgehead atoms. The number of hydrogen-bond acceptors (Lipinski definition) is 13. The van der Waals surface area contributed by atoms with E-state index in [0.29, 0.717) is 5.56 Å². The van der Waals surface area contributed by atoms with Gasteiger partial charge in [0.15, 0.2) is 0 Å². The average molecular weight is 669 g/mol. The fourth-order valence-corrected chi connectivity index (χ4v) is 6.54. The summed E-state index contributed by atoms with van der Waals surface area (Å²) in [4.78, 5) is 74.7. The van der Waals surface area contributed by atoms with Crippen LogP contribution in [0, 0.1) is 11.8 Å². The van der Waals surface area contributed by atoms with Gasteiger partial charge < -0.3 is 39.9 Å². The first-order valence-electron chi connectivity index (χ1n) is 11.9. The van der Waals surface area contributed by atoms with Gasteiger partial charge >= 0.3 is 35.1 Å². The molecule has 6 unspecified atom stereocenters. The number of phosphoric ester groups is 1. The molecule has 0 amide bonds. The summed E-state index contributed by atoms with van der Waals surface area (Å²) < 4.78 is 57.3. The lowest BCUT2D eigenvalue weighted by Crippen LogP contribution is -2.33. The van der Waals surface area contributed by atoms with Gasteiger partial charge in [0.2, 0.25) is 0 Å². The van der Waals surface area contributed by atoms with Gasteiger partial charge in [-0.05, 0) is 25.1 Å². The van der Waals surface area contributed by atoms with Crippen LogP contribution in [0.2, 0.25) is 0 Å². The highest BCUT2D eigenvalue weighted by molar-refractivity contribution is 7.66. The predicted molar refractivity (Wildman–Crippen MR) is 142 cm³/mol. The van der Waals surface area contributed by atoms with Crippen molar-refractivity contribution in [3.63, 3.8) is 0 Å². The summed E-state index contributed by atoms with van der Waals surface area (Å²) in [6, 6.07) is 5.68. The molecule has 8 N–H and O–H groups in total. The number of rotatable bonds is 11. The van der Waals surface area contributed by atoms with Gasteiger partial charge in [-0.15, -0.1) is 0 Å². The number of aromatic nitrogens is 2. The van der Waals surface area contributed by atoms with Crippen molar-refractivity contribution in [1.29, 1.82) is 0 Å². The second kappa shape index (κ2) is 13.9. The molecule has 1 fully saturated rings. The van der Waals surface area contributed by atoms with Crippen molar-refractivity contribution in [2.75, 3.05) is 6.61 Å². The summed E-state index contributed by atoms with van der Waals surface area (Å²) in [5.41, 5.74) is 3.92. The molecule has 1 aliphatic rings. The number of esters is 1. The molecule has 43 heavy (non-hydrogen) atoms. The zero-order valence-electron chi connectivity index (χ0n) is 21.9. The van der Waals surface area contributed by atoms with Crippen LogP contribution in [0.1, 0.15) is 37.1 Å². The minimum absolute atomic E-state index is 0.01000. The Morgan fingerprint density at radius 3 is 2.51 bits per heavy atom. The lowest BCUT2D eigenvalue weighted by molar-refractivity contribution is -0.134. The molecule has 6 atom stereocenters. The van der Waals surface area contributed by atoms with Crippen LogP contribution in [0.5, 0.6) is 5.75 Å². The zero-order chi connectivity index (χ0) is 32.2. The van der Waals surface area contributed by atoms with Crippen LogP contribution in [0.3, 0.4) is 0 Å². The van der Waals surface area contributed by atoms with E-state index in [9.17, 15) is 43.0 Å². The van der Waals surface area contributed by atoms with E-state index < -0.39 is 71.8 Å². The van der Waals surface area contributed by atoms with Crippen molar-refractivity contribution in [1.82, 2.24) is 9.55 Å². The highest BCUT2D eigenvalue weighted by Gasteiger charge is 2.43. The van der Waals surface area contributed by atoms with E-state index in [1.54, 1.807) is 19.1 Å². The minimum atomic E-state index is -5.76. The number of phosphoric acid groups is 3. The Labute approximate surface area is 241 Å². The molecular weight excluding hydrogens is 643 g/mol. The largest absolute Gasteiger partial charge is 0.490 e. The molecule has 0 spiro atoms. The number of aliphatic hydroxyl groups is 1. The SMILES string of the molecule is CC(N)CC(=O)Oc1cccc(C#Cc2cn(C3CC(O)C(COP(=O)(O)OP(=O)(O)OP(=O)(O)O)O3)c(=O)[nH]c2=O)c1. The van der Waals surface area contributed by atoms with E-state index in [-0.39, 0.29) is 24.2 Å². The Kier molecular flexibility index (Phi) is 11.2. The van der Waals surface area contributed by atoms with E-state index in [1.807, 2.05) is 4.98 Å². The Balaban J connectivity index is 1.72. The normalized spacial score (nSPS) is 22.1. The van der Waals surface area contributed by atoms with Gasteiger partial charge in [-0.25, -0.2) is 18.5 Å². The van der Waals surface area contributed by atoms with E-state index in [1.165, 1.54) is 12.1 Å². The number of ether oxygens (including phenoxy) is 2. The number of aliphatic hydroxyl groups excluding tert-OH is 1. The number of nitrogens with zero attached hydrogens (tertiary/aromatic N) is 1. The number of carbonyl (C=O) groups is 1. The number of aromatic amines is 1. The Morgan fingerprint density at radius 2 is 1.86 bits per heavy atom. The molecule has 0 saturated carbocycles. The molecule has 2 aromatic rings. The highest BCUT2D eigenvalue weighted by atomic mass is 31.3. The molecule has 1 aliphatic heterocycles. The lowest BCUT2D eigenvalue weighted by atomic mass is 10.2. The lowest BCUT2D eigenvalue weighted by Gasteiger charge is -2.19. The molecule has 22 heteroatoms. The van der Waals surface area contributed by atoms with Crippen LogP contribution in [0.15, 0.2) is 40.1 Å². The summed E-state index contributed by atoms with van der Waals surface area (Å²) in [5.74, 6) is 4.91. The summed E-state index contributed by atoms with van der Waals surface area (Å²) in [6.07, 6.45) is -3.36. The summed E-state index contributed by atoms with van der Waals surface area (Å²) in [6.45, 7) is 0.680. The maximum absolute atomic E-state index is 12.4. The number of carbonyl (C=O) groups excluding carboxylic acids is 1. The second-order valence-corrected chi connectivity index (χ2v) is 13.4. The smallest absolute Gasteiger partial charge is 0.426 e. The summed E-state index contributed by atoms with van der Waals surface area (Å²) in [5, 5.41) is 10.3. The molecule has 1 aromatic carbocycles. The van der Waals surface area contributed by atoms with E-state index in [0.717, 1.165) is 10.8 Å². The minimum Gasteiger partial charge on any atom is -0.426 e. The molecule has 19 nitrogen and oxygen atoms in total. The fraction of sp³-hybridized carbons (Fsp3) is 0.381. The molecule has 236 valence electrons. The Bertz CT molecular complexity index is 1670. The predicted octanol–water partition coefficient (Wildman–Crippen LogP) is -0.429. The zero-order valence-corrected chi connectivity index (χ0v) is 24.6. The van der Waals surface area contributed by atoms with Crippen molar-refractivity contribution in [2.45, 2.75) is 44.2 Å². The van der Waals surface area contributed by atoms with Gasteiger partial charge in [0.25, 0.3) is 5.56 Å². The third-order valence-corrected chi connectivity index (χ3v) is 9.00. The third kappa shape index (κ3) is 11.0. The van der Waals surface area contributed by atoms with Gasteiger partial charge in [0.1, 0.15) is 23.6 Å². The molecule has 0 aliphatic carbocycles. The maximum Gasteiger partial charge on any atom is 0.490 e. The van der Waals surface area contributed by atoms with Gasteiger partial charge in [-0.1, -0.05) is 17.9 Å². The Morgan fingerprint density at radius 1 is 1.16 bits per heavy atom. The quantitative estimate of drug-likeness (QED) is 0.0691. The monoisotopic (exact) mass is 669 g/mol. The number of nitrogens with two attached hydrogens (primary N) is 1. The number of nitrogens with one attached hydrogen (secondary N) is 1. The molecule has 3 rings (SSSR count). The maximum atomic E-state index is 12.4. The van der Waals surface area contributed by atoms with Crippen molar-refractivity contribution < 1.29 is 65.8 Å². The van der Waals surface area contributed by atoms with E-state index in [4.69, 9.17) is 25.0 Å². The van der Waals surface area contributed by atoms with Gasteiger partial charge in [-0.3, -0.25) is 23.7 Å². The molecule has 1 saturated heterocycles. The number of benzene rings is 1. The first kappa shape index (κ1) is 34.7. The number of H-pyrrole nitrogens is 1. The molecule has 2 heterocycles. The van der Waals surface area contributed by atoms with Crippen molar-refractivity contribution >= 4 is 29.4 Å². The van der Waals surface area contributed by atoms with Crippen LogP contribution >= 0.6 is 23.5 Å². The molecule has 1 aromatic heterocycles. The third-order valence-electron chi connectivity index (χ3n) is 5.20.